The smallest absolute Gasteiger partial charge is 0.345 e. The van der Waals surface area contributed by atoms with Crippen LogP contribution in [0, 0.1) is 0 Å². The Hall–Kier alpha value is -2.80. The summed E-state index contributed by atoms with van der Waals surface area (Å²) in [6.07, 6.45) is 4.19. The van der Waals surface area contributed by atoms with Gasteiger partial charge >= 0.3 is 5.97 Å². The van der Waals surface area contributed by atoms with Gasteiger partial charge in [0.2, 0.25) is 0 Å². The number of rotatable bonds is 5. The monoisotopic (exact) mass is 397 g/mol. The molecule has 1 unspecified atom stereocenters. The van der Waals surface area contributed by atoms with Crippen molar-refractivity contribution in [3.05, 3.63) is 45.7 Å². The van der Waals surface area contributed by atoms with E-state index < -0.39 is 22.8 Å². The van der Waals surface area contributed by atoms with E-state index in [1.54, 1.807) is 0 Å². The number of likely N-dealkylation sites (tertiary alicyclic amines) is 1. The molecule has 7 nitrogen and oxygen atoms in total. The number of carbonyl (C=O) groups is 1. The first-order chi connectivity index (χ1) is 14.0. The molecule has 29 heavy (non-hydrogen) atoms. The van der Waals surface area contributed by atoms with Gasteiger partial charge in [0.25, 0.3) is 5.56 Å². The maximum absolute atomic E-state index is 12.2. The molecule has 3 heterocycles. The molecule has 0 aliphatic carbocycles. The maximum Gasteiger partial charge on any atom is 0.345 e. The van der Waals surface area contributed by atoms with Crippen LogP contribution in [0.3, 0.4) is 0 Å². The van der Waals surface area contributed by atoms with Gasteiger partial charge in [-0.3, -0.25) is 9.69 Å². The quantitative estimate of drug-likeness (QED) is 0.718. The van der Waals surface area contributed by atoms with E-state index in [4.69, 9.17) is 0 Å². The third-order valence-electron chi connectivity index (χ3n) is 6.20. The largest absolute Gasteiger partial charge is 0.506 e. The molecule has 7 heteroatoms. The van der Waals surface area contributed by atoms with Gasteiger partial charge in [-0.15, -0.1) is 0 Å². The summed E-state index contributed by atoms with van der Waals surface area (Å²) in [6, 6.07) is 8.52. The van der Waals surface area contributed by atoms with Gasteiger partial charge < -0.3 is 20.1 Å². The van der Waals surface area contributed by atoms with Crippen molar-refractivity contribution in [1.82, 2.24) is 9.88 Å². The Morgan fingerprint density at radius 3 is 2.48 bits per heavy atom. The van der Waals surface area contributed by atoms with Crippen molar-refractivity contribution < 1.29 is 15.0 Å². The third-order valence-corrected chi connectivity index (χ3v) is 6.20. The van der Waals surface area contributed by atoms with Crippen molar-refractivity contribution >= 4 is 11.7 Å². The number of carboxylic acid groups (broad SMARTS) is 1. The number of hydrogen-bond acceptors (Lipinski definition) is 5. The Morgan fingerprint density at radius 2 is 1.86 bits per heavy atom. The highest BCUT2D eigenvalue weighted by Crippen LogP contribution is 2.32. The number of aromatic carboxylic acids is 1. The molecular formula is C22H27N3O4. The molecule has 1 aromatic heterocycles. The molecule has 1 aromatic carbocycles. The summed E-state index contributed by atoms with van der Waals surface area (Å²) < 4.78 is 0. The third kappa shape index (κ3) is 3.62. The van der Waals surface area contributed by atoms with Crippen molar-refractivity contribution in [2.24, 2.45) is 0 Å². The summed E-state index contributed by atoms with van der Waals surface area (Å²) >= 11 is 0. The predicted octanol–water partition coefficient (Wildman–Crippen LogP) is 2.68. The lowest BCUT2D eigenvalue weighted by atomic mass is 10.0. The van der Waals surface area contributed by atoms with Gasteiger partial charge in [-0.1, -0.05) is 19.1 Å². The lowest BCUT2D eigenvalue weighted by Crippen LogP contribution is -2.35. The lowest BCUT2D eigenvalue weighted by Gasteiger charge is -2.24. The first-order valence-corrected chi connectivity index (χ1v) is 10.3. The zero-order valence-electron chi connectivity index (χ0n) is 16.6. The molecule has 2 saturated heterocycles. The van der Waals surface area contributed by atoms with Crippen LogP contribution in [0.15, 0.2) is 29.1 Å². The minimum absolute atomic E-state index is 0.406. The molecule has 2 aromatic rings. The minimum Gasteiger partial charge on any atom is -0.506 e. The van der Waals surface area contributed by atoms with Crippen LogP contribution in [-0.2, 0) is 6.42 Å². The molecule has 0 bridgehead atoms. The summed E-state index contributed by atoms with van der Waals surface area (Å²) in [4.78, 5) is 31.1. The fraction of sp³-hybridized carbons (Fsp3) is 0.455. The first kappa shape index (κ1) is 19.5. The Bertz CT molecular complexity index is 961. The number of aromatic nitrogens is 1. The Morgan fingerprint density at radius 1 is 1.17 bits per heavy atom. The van der Waals surface area contributed by atoms with E-state index in [2.05, 4.69) is 14.8 Å². The van der Waals surface area contributed by atoms with Gasteiger partial charge in [-0.2, -0.15) is 0 Å². The van der Waals surface area contributed by atoms with Crippen molar-refractivity contribution in [2.75, 3.05) is 31.1 Å². The summed E-state index contributed by atoms with van der Waals surface area (Å²) in [7, 11) is 0. The second kappa shape index (κ2) is 7.91. The summed E-state index contributed by atoms with van der Waals surface area (Å²) in [5.74, 6) is -1.88. The minimum atomic E-state index is -1.43. The highest BCUT2D eigenvalue weighted by molar-refractivity contribution is 5.92. The van der Waals surface area contributed by atoms with Crippen LogP contribution in [0.25, 0.3) is 11.3 Å². The highest BCUT2D eigenvalue weighted by Gasteiger charge is 2.29. The molecule has 0 radical (unpaired) electrons. The van der Waals surface area contributed by atoms with E-state index >= 15 is 0 Å². The van der Waals surface area contributed by atoms with Crippen molar-refractivity contribution in [3.63, 3.8) is 0 Å². The average molecular weight is 397 g/mol. The fourth-order valence-corrected chi connectivity index (χ4v) is 4.64. The lowest BCUT2D eigenvalue weighted by molar-refractivity contribution is 0.0691. The van der Waals surface area contributed by atoms with E-state index in [1.807, 2.05) is 31.2 Å². The number of nitrogens with one attached hydrogen (secondary N) is 1. The normalized spacial score (nSPS) is 19.8. The van der Waals surface area contributed by atoms with Crippen LogP contribution in [-0.4, -0.2) is 58.3 Å². The van der Waals surface area contributed by atoms with Gasteiger partial charge in [0.05, 0.1) is 5.69 Å². The Kier molecular flexibility index (Phi) is 5.32. The molecule has 154 valence electrons. The van der Waals surface area contributed by atoms with Crippen LogP contribution in [0.1, 0.15) is 42.1 Å². The van der Waals surface area contributed by atoms with Crippen LogP contribution in [0.4, 0.5) is 5.69 Å². The van der Waals surface area contributed by atoms with Crippen LogP contribution >= 0.6 is 0 Å². The molecule has 1 atom stereocenters. The van der Waals surface area contributed by atoms with E-state index in [-0.39, 0.29) is 0 Å². The number of benzene rings is 1. The number of nitrogens with zero attached hydrogens (tertiary/aromatic N) is 2. The number of pyridine rings is 1. The SMILES string of the molecule is CCc1c(-c2ccc(N3CCC(N4CCCC4)C3)cc2)[nH]c(=O)c(C(=O)O)c1O. The van der Waals surface area contributed by atoms with E-state index in [0.29, 0.717) is 23.7 Å². The van der Waals surface area contributed by atoms with Gasteiger partial charge in [0.1, 0.15) is 5.75 Å². The number of carboxylic acids is 1. The van der Waals surface area contributed by atoms with E-state index in [1.165, 1.54) is 32.4 Å². The summed E-state index contributed by atoms with van der Waals surface area (Å²) in [6.45, 7) is 6.30. The van der Waals surface area contributed by atoms with Crippen molar-refractivity contribution in [2.45, 2.75) is 38.6 Å². The number of hydrogen-bond donors (Lipinski definition) is 3. The Balaban J connectivity index is 1.58. The summed E-state index contributed by atoms with van der Waals surface area (Å²) in [5, 5.41) is 19.5. The molecule has 0 saturated carbocycles. The second-order valence-electron chi connectivity index (χ2n) is 7.87. The van der Waals surface area contributed by atoms with Crippen LogP contribution in [0.5, 0.6) is 5.75 Å². The number of aromatic amines is 1. The van der Waals surface area contributed by atoms with E-state index in [0.717, 1.165) is 24.3 Å². The van der Waals surface area contributed by atoms with Gasteiger partial charge in [0.15, 0.2) is 5.56 Å². The molecule has 2 aliphatic rings. The van der Waals surface area contributed by atoms with Crippen LogP contribution < -0.4 is 10.5 Å². The first-order valence-electron chi connectivity index (χ1n) is 10.3. The standard InChI is InChI=1S/C22H27N3O4/c1-2-17-19(23-21(27)18(20(17)26)22(28)29)14-5-7-15(8-6-14)25-12-9-16(13-25)24-10-3-4-11-24/h5-8,16H,2-4,9-13H2,1H3,(H,28,29)(H2,23,26,27). The molecule has 2 aliphatic heterocycles. The average Bonchev–Trinajstić information content (AvgIpc) is 3.39. The molecule has 0 amide bonds. The number of aromatic hydroxyl groups is 1. The van der Waals surface area contributed by atoms with Crippen molar-refractivity contribution in [1.29, 1.82) is 0 Å². The van der Waals surface area contributed by atoms with Crippen molar-refractivity contribution in [3.8, 4) is 17.0 Å². The molecule has 3 N–H and O–H groups in total. The zero-order valence-corrected chi connectivity index (χ0v) is 16.6. The topological polar surface area (TPSA) is 96.9 Å². The summed E-state index contributed by atoms with van der Waals surface area (Å²) in [5.41, 5.74) is 1.41. The van der Waals surface area contributed by atoms with Gasteiger partial charge in [-0.05, 0) is 56.5 Å². The molecule has 2 fully saturated rings. The fourth-order valence-electron chi connectivity index (χ4n) is 4.64. The number of H-pyrrole nitrogens is 1. The molecule has 0 spiro atoms. The van der Waals surface area contributed by atoms with Gasteiger partial charge in [0, 0.05) is 30.4 Å². The zero-order chi connectivity index (χ0) is 20.5. The number of anilines is 1. The van der Waals surface area contributed by atoms with Crippen LogP contribution in [0.2, 0.25) is 0 Å². The van der Waals surface area contributed by atoms with E-state index in [9.17, 15) is 19.8 Å². The maximum atomic E-state index is 12.2. The molecular weight excluding hydrogens is 370 g/mol. The predicted molar refractivity (Wildman–Crippen MR) is 112 cm³/mol. The Labute approximate surface area is 169 Å². The van der Waals surface area contributed by atoms with Gasteiger partial charge in [-0.25, -0.2) is 4.79 Å². The molecule has 4 rings (SSSR count). The second-order valence-corrected chi connectivity index (χ2v) is 7.87. The highest BCUT2D eigenvalue weighted by atomic mass is 16.4.